The van der Waals surface area contributed by atoms with Crippen molar-refractivity contribution in [1.29, 1.82) is 0 Å². The summed E-state index contributed by atoms with van der Waals surface area (Å²) in [6, 6.07) is 7.92. The summed E-state index contributed by atoms with van der Waals surface area (Å²) in [5.74, 6) is 0.973. The van der Waals surface area contributed by atoms with Crippen molar-refractivity contribution >= 4 is 5.78 Å². The Morgan fingerprint density at radius 1 is 1.53 bits per heavy atom. The van der Waals surface area contributed by atoms with Crippen molar-refractivity contribution in [3.05, 3.63) is 42.5 Å². The number of carbonyl (C=O) groups excluding carboxylic acids is 1. The van der Waals surface area contributed by atoms with Crippen LogP contribution in [-0.2, 0) is 11.2 Å². The summed E-state index contributed by atoms with van der Waals surface area (Å²) in [5, 5.41) is 0. The lowest BCUT2D eigenvalue weighted by atomic mass is 10.1. The third-order valence-electron chi connectivity index (χ3n) is 2.25. The van der Waals surface area contributed by atoms with Gasteiger partial charge in [-0.05, 0) is 36.6 Å². The van der Waals surface area contributed by atoms with Crippen LogP contribution >= 0.6 is 0 Å². The Labute approximate surface area is 90.6 Å². The van der Waals surface area contributed by atoms with Crippen LogP contribution in [-0.4, -0.2) is 12.9 Å². The van der Waals surface area contributed by atoms with E-state index in [0.29, 0.717) is 6.42 Å². The molecular formula is C13H16O2. The maximum absolute atomic E-state index is 11.0. The fraction of sp³-hybridized carbons (Fsp3) is 0.308. The lowest BCUT2D eigenvalue weighted by molar-refractivity contribution is -0.114. The van der Waals surface area contributed by atoms with E-state index < -0.39 is 0 Å². The number of aryl methyl sites for hydroxylation is 1. The summed E-state index contributed by atoms with van der Waals surface area (Å²) in [6.45, 7) is 3.44. The Morgan fingerprint density at radius 2 is 2.33 bits per heavy atom. The SMILES string of the molecule is C=CC(=O)CCCc1cccc(OC)c1. The van der Waals surface area contributed by atoms with Crippen LogP contribution in [0.4, 0.5) is 0 Å². The number of ketones is 1. The van der Waals surface area contributed by atoms with Gasteiger partial charge in [-0.3, -0.25) is 4.79 Å². The summed E-state index contributed by atoms with van der Waals surface area (Å²) >= 11 is 0. The highest BCUT2D eigenvalue weighted by Crippen LogP contribution is 2.14. The molecule has 0 aliphatic carbocycles. The number of benzene rings is 1. The Balaban J connectivity index is 2.43. The molecule has 0 amide bonds. The Kier molecular flexibility index (Phi) is 4.61. The monoisotopic (exact) mass is 204 g/mol. The van der Waals surface area contributed by atoms with Crippen LogP contribution in [0.25, 0.3) is 0 Å². The van der Waals surface area contributed by atoms with Gasteiger partial charge in [0.1, 0.15) is 5.75 Å². The van der Waals surface area contributed by atoms with Crippen LogP contribution in [0, 0.1) is 0 Å². The maximum atomic E-state index is 11.0. The molecular weight excluding hydrogens is 188 g/mol. The predicted molar refractivity (Wildman–Crippen MR) is 61.1 cm³/mol. The fourth-order valence-electron chi connectivity index (χ4n) is 1.40. The molecule has 1 rings (SSSR count). The highest BCUT2D eigenvalue weighted by Gasteiger charge is 1.98. The van der Waals surface area contributed by atoms with Crippen molar-refractivity contribution in [2.45, 2.75) is 19.3 Å². The quantitative estimate of drug-likeness (QED) is 0.666. The molecule has 0 spiro atoms. The van der Waals surface area contributed by atoms with Crippen LogP contribution in [0.15, 0.2) is 36.9 Å². The van der Waals surface area contributed by atoms with E-state index in [0.717, 1.165) is 18.6 Å². The Hall–Kier alpha value is -1.57. The van der Waals surface area contributed by atoms with Gasteiger partial charge in [0.25, 0.3) is 0 Å². The van der Waals surface area contributed by atoms with Crippen LogP contribution in [0.1, 0.15) is 18.4 Å². The van der Waals surface area contributed by atoms with Crippen molar-refractivity contribution in [2.75, 3.05) is 7.11 Å². The number of hydrogen-bond acceptors (Lipinski definition) is 2. The zero-order chi connectivity index (χ0) is 11.1. The van der Waals surface area contributed by atoms with Crippen molar-refractivity contribution < 1.29 is 9.53 Å². The average molecular weight is 204 g/mol. The van der Waals surface area contributed by atoms with Crippen molar-refractivity contribution in [2.24, 2.45) is 0 Å². The third-order valence-corrected chi connectivity index (χ3v) is 2.25. The molecule has 0 aromatic heterocycles. The van der Waals surface area contributed by atoms with Crippen LogP contribution in [0.3, 0.4) is 0 Å². The summed E-state index contributed by atoms with van der Waals surface area (Å²) < 4.78 is 5.12. The second-order valence-corrected chi connectivity index (χ2v) is 3.38. The predicted octanol–water partition coefficient (Wildman–Crippen LogP) is 2.77. The van der Waals surface area contributed by atoms with Gasteiger partial charge in [-0.25, -0.2) is 0 Å². The summed E-state index contributed by atoms with van der Waals surface area (Å²) in [6.07, 6.45) is 3.71. The molecule has 2 heteroatoms. The summed E-state index contributed by atoms with van der Waals surface area (Å²) in [4.78, 5) is 11.0. The first-order valence-corrected chi connectivity index (χ1v) is 5.04. The zero-order valence-corrected chi connectivity index (χ0v) is 9.03. The molecule has 80 valence electrons. The van der Waals surface area contributed by atoms with Crippen LogP contribution in [0.5, 0.6) is 5.75 Å². The van der Waals surface area contributed by atoms with Crippen LogP contribution in [0.2, 0.25) is 0 Å². The highest BCUT2D eigenvalue weighted by molar-refractivity contribution is 5.88. The first-order chi connectivity index (χ1) is 7.26. The van der Waals surface area contributed by atoms with Gasteiger partial charge >= 0.3 is 0 Å². The van der Waals surface area contributed by atoms with Gasteiger partial charge < -0.3 is 4.74 Å². The number of carbonyl (C=O) groups is 1. The molecule has 1 aromatic carbocycles. The molecule has 0 aliphatic heterocycles. The molecule has 0 heterocycles. The Bertz CT molecular complexity index is 342. The van der Waals surface area contributed by atoms with Gasteiger partial charge in [0.05, 0.1) is 7.11 Å². The normalized spacial score (nSPS) is 9.67. The molecule has 0 unspecified atom stereocenters. The van der Waals surface area contributed by atoms with E-state index in [1.807, 2.05) is 24.3 Å². The number of allylic oxidation sites excluding steroid dienone is 1. The second-order valence-electron chi connectivity index (χ2n) is 3.38. The smallest absolute Gasteiger partial charge is 0.155 e. The van der Waals surface area contributed by atoms with Crippen molar-refractivity contribution in [3.8, 4) is 5.75 Å². The van der Waals surface area contributed by atoms with Gasteiger partial charge in [0.2, 0.25) is 0 Å². The largest absolute Gasteiger partial charge is 0.497 e. The van der Waals surface area contributed by atoms with E-state index in [1.165, 1.54) is 11.6 Å². The van der Waals surface area contributed by atoms with Gasteiger partial charge in [0.15, 0.2) is 5.78 Å². The van der Waals surface area contributed by atoms with E-state index in [4.69, 9.17) is 4.74 Å². The average Bonchev–Trinajstić information content (AvgIpc) is 2.29. The summed E-state index contributed by atoms with van der Waals surface area (Å²) in [5.41, 5.74) is 1.20. The van der Waals surface area contributed by atoms with E-state index in [-0.39, 0.29) is 5.78 Å². The minimum absolute atomic E-state index is 0.109. The van der Waals surface area contributed by atoms with Crippen molar-refractivity contribution in [1.82, 2.24) is 0 Å². The molecule has 0 aliphatic rings. The van der Waals surface area contributed by atoms with Crippen molar-refractivity contribution in [3.63, 3.8) is 0 Å². The van der Waals surface area contributed by atoms with Gasteiger partial charge in [0, 0.05) is 6.42 Å². The van der Waals surface area contributed by atoms with Gasteiger partial charge in [-0.2, -0.15) is 0 Å². The maximum Gasteiger partial charge on any atom is 0.155 e. The third kappa shape index (κ3) is 3.98. The molecule has 2 nitrogen and oxygen atoms in total. The molecule has 0 atom stereocenters. The lowest BCUT2D eigenvalue weighted by Crippen LogP contribution is -1.94. The molecule has 0 saturated heterocycles. The number of rotatable bonds is 6. The van der Waals surface area contributed by atoms with Gasteiger partial charge in [-0.1, -0.05) is 18.7 Å². The lowest BCUT2D eigenvalue weighted by Gasteiger charge is -2.03. The molecule has 0 N–H and O–H groups in total. The highest BCUT2D eigenvalue weighted by atomic mass is 16.5. The minimum atomic E-state index is 0.109. The van der Waals surface area contributed by atoms with E-state index in [9.17, 15) is 4.79 Å². The van der Waals surface area contributed by atoms with Gasteiger partial charge in [-0.15, -0.1) is 0 Å². The minimum Gasteiger partial charge on any atom is -0.497 e. The van der Waals surface area contributed by atoms with Crippen LogP contribution < -0.4 is 4.74 Å². The summed E-state index contributed by atoms with van der Waals surface area (Å²) in [7, 11) is 1.65. The molecule has 15 heavy (non-hydrogen) atoms. The number of hydrogen-bond donors (Lipinski definition) is 0. The zero-order valence-electron chi connectivity index (χ0n) is 9.03. The Morgan fingerprint density at radius 3 is 3.00 bits per heavy atom. The fourth-order valence-corrected chi connectivity index (χ4v) is 1.40. The first-order valence-electron chi connectivity index (χ1n) is 5.04. The topological polar surface area (TPSA) is 26.3 Å². The molecule has 0 radical (unpaired) electrons. The van der Waals surface area contributed by atoms with E-state index in [2.05, 4.69) is 6.58 Å². The number of ether oxygens (including phenoxy) is 1. The molecule has 0 fully saturated rings. The molecule has 0 saturated carbocycles. The standard InChI is InChI=1S/C13H16O2/c1-3-12(14)8-4-6-11-7-5-9-13(10-11)15-2/h3,5,7,9-10H,1,4,6,8H2,2H3. The van der Waals surface area contributed by atoms with E-state index >= 15 is 0 Å². The second kappa shape index (κ2) is 6.02. The first kappa shape index (κ1) is 11.5. The molecule has 0 bridgehead atoms. The number of methoxy groups -OCH3 is 1. The molecule has 1 aromatic rings. The van der Waals surface area contributed by atoms with E-state index in [1.54, 1.807) is 7.11 Å².